The molecule has 0 aliphatic carbocycles. The van der Waals surface area contributed by atoms with Crippen LogP contribution in [0.5, 0.6) is 0 Å². The van der Waals surface area contributed by atoms with Crippen molar-refractivity contribution in [1.82, 2.24) is 0 Å². The summed E-state index contributed by atoms with van der Waals surface area (Å²) in [5.41, 5.74) is 7.38. The zero-order chi connectivity index (χ0) is 12.5. The maximum Gasteiger partial charge on any atom is 0.0408 e. The van der Waals surface area contributed by atoms with Gasteiger partial charge in [0, 0.05) is 11.1 Å². The highest BCUT2D eigenvalue weighted by Gasteiger charge is 2.04. The summed E-state index contributed by atoms with van der Waals surface area (Å²) in [4.78, 5) is 0. The molecule has 0 amide bonds. The predicted molar refractivity (Wildman–Crippen MR) is 76.5 cm³/mol. The molecule has 0 radical (unpaired) electrons. The van der Waals surface area contributed by atoms with Crippen LogP contribution in [0.1, 0.15) is 51.0 Å². The lowest BCUT2D eigenvalue weighted by atomic mass is 10.0. The van der Waals surface area contributed by atoms with Gasteiger partial charge in [-0.15, -0.1) is 0 Å². The first-order valence-corrected chi connectivity index (χ1v) is 7.10. The van der Waals surface area contributed by atoms with Crippen molar-refractivity contribution < 1.29 is 0 Å². The average Bonchev–Trinajstić information content (AvgIpc) is 2.29. The molecule has 1 aromatic carbocycles. The molecule has 1 unspecified atom stereocenters. The Morgan fingerprint density at radius 3 is 2.65 bits per heavy atom. The fourth-order valence-corrected chi connectivity index (χ4v) is 2.29. The SMILES string of the molecule is CCCCCCCC(N)Cc1cccc(Cl)c1. The molecule has 0 aliphatic heterocycles. The van der Waals surface area contributed by atoms with Gasteiger partial charge in [-0.25, -0.2) is 0 Å². The van der Waals surface area contributed by atoms with E-state index >= 15 is 0 Å². The largest absolute Gasteiger partial charge is 0.327 e. The molecule has 96 valence electrons. The molecular weight excluding hydrogens is 230 g/mol. The highest BCUT2D eigenvalue weighted by Crippen LogP contribution is 2.14. The summed E-state index contributed by atoms with van der Waals surface area (Å²) < 4.78 is 0. The van der Waals surface area contributed by atoms with Crippen molar-refractivity contribution >= 4 is 11.6 Å². The number of hydrogen-bond acceptors (Lipinski definition) is 1. The first-order valence-electron chi connectivity index (χ1n) is 6.72. The number of halogens is 1. The Morgan fingerprint density at radius 1 is 1.18 bits per heavy atom. The van der Waals surface area contributed by atoms with E-state index in [0.29, 0.717) is 0 Å². The molecular formula is C15H24ClN. The maximum absolute atomic E-state index is 6.13. The number of benzene rings is 1. The lowest BCUT2D eigenvalue weighted by Crippen LogP contribution is -2.22. The van der Waals surface area contributed by atoms with Gasteiger partial charge in [0.1, 0.15) is 0 Å². The van der Waals surface area contributed by atoms with Crippen LogP contribution in [-0.2, 0) is 6.42 Å². The molecule has 17 heavy (non-hydrogen) atoms. The summed E-state index contributed by atoms with van der Waals surface area (Å²) in [7, 11) is 0. The van der Waals surface area contributed by atoms with E-state index in [2.05, 4.69) is 13.0 Å². The zero-order valence-corrected chi connectivity index (χ0v) is 11.5. The second-order valence-electron chi connectivity index (χ2n) is 4.80. The molecule has 0 saturated heterocycles. The smallest absolute Gasteiger partial charge is 0.0408 e. The van der Waals surface area contributed by atoms with Gasteiger partial charge in [-0.1, -0.05) is 62.8 Å². The topological polar surface area (TPSA) is 26.0 Å². The van der Waals surface area contributed by atoms with Gasteiger partial charge in [-0.05, 0) is 30.5 Å². The van der Waals surface area contributed by atoms with Crippen LogP contribution in [0.2, 0.25) is 5.02 Å². The van der Waals surface area contributed by atoms with Crippen LogP contribution in [-0.4, -0.2) is 6.04 Å². The van der Waals surface area contributed by atoms with Gasteiger partial charge >= 0.3 is 0 Å². The van der Waals surface area contributed by atoms with E-state index in [0.717, 1.165) is 17.9 Å². The van der Waals surface area contributed by atoms with Crippen LogP contribution in [0.3, 0.4) is 0 Å². The number of hydrogen-bond donors (Lipinski definition) is 1. The van der Waals surface area contributed by atoms with Gasteiger partial charge in [-0.3, -0.25) is 0 Å². The molecule has 0 aromatic heterocycles. The summed E-state index contributed by atoms with van der Waals surface area (Å²) in [5.74, 6) is 0. The van der Waals surface area contributed by atoms with Crippen LogP contribution in [0.4, 0.5) is 0 Å². The van der Waals surface area contributed by atoms with Crippen molar-refractivity contribution in [2.24, 2.45) is 5.73 Å². The summed E-state index contributed by atoms with van der Waals surface area (Å²) in [6.45, 7) is 2.24. The van der Waals surface area contributed by atoms with Crippen LogP contribution >= 0.6 is 11.6 Å². The van der Waals surface area contributed by atoms with E-state index in [4.69, 9.17) is 17.3 Å². The highest BCUT2D eigenvalue weighted by molar-refractivity contribution is 6.30. The van der Waals surface area contributed by atoms with Crippen molar-refractivity contribution in [2.75, 3.05) is 0 Å². The summed E-state index contributed by atoms with van der Waals surface area (Å²) in [6, 6.07) is 8.28. The monoisotopic (exact) mass is 253 g/mol. The molecule has 1 nitrogen and oxygen atoms in total. The Hall–Kier alpha value is -0.530. The van der Waals surface area contributed by atoms with E-state index in [1.807, 2.05) is 18.2 Å². The molecule has 1 aromatic rings. The molecule has 0 fully saturated rings. The first-order chi connectivity index (χ1) is 8.22. The van der Waals surface area contributed by atoms with Crippen LogP contribution in [0.15, 0.2) is 24.3 Å². The molecule has 2 N–H and O–H groups in total. The molecule has 0 heterocycles. The minimum absolute atomic E-state index is 0.273. The van der Waals surface area contributed by atoms with E-state index in [-0.39, 0.29) is 6.04 Å². The lowest BCUT2D eigenvalue weighted by molar-refractivity contribution is 0.538. The number of unbranched alkanes of at least 4 members (excludes halogenated alkanes) is 4. The van der Waals surface area contributed by atoms with Crippen molar-refractivity contribution in [3.8, 4) is 0 Å². The standard InChI is InChI=1S/C15H24ClN/c1-2-3-4-5-6-10-15(17)12-13-8-7-9-14(16)11-13/h7-9,11,15H,2-6,10,12,17H2,1H3. The third-order valence-corrected chi connectivity index (χ3v) is 3.30. The average molecular weight is 254 g/mol. The molecule has 0 aliphatic rings. The molecule has 0 saturated carbocycles. The molecule has 0 bridgehead atoms. The van der Waals surface area contributed by atoms with Gasteiger partial charge in [0.2, 0.25) is 0 Å². The Bertz CT molecular complexity index is 312. The lowest BCUT2D eigenvalue weighted by Gasteiger charge is -2.11. The zero-order valence-electron chi connectivity index (χ0n) is 10.8. The highest BCUT2D eigenvalue weighted by atomic mass is 35.5. The van der Waals surface area contributed by atoms with Crippen LogP contribution < -0.4 is 5.73 Å². The van der Waals surface area contributed by atoms with Crippen molar-refractivity contribution in [3.05, 3.63) is 34.9 Å². The number of nitrogens with two attached hydrogens (primary N) is 1. The van der Waals surface area contributed by atoms with Gasteiger partial charge in [0.05, 0.1) is 0 Å². The van der Waals surface area contributed by atoms with Crippen LogP contribution in [0.25, 0.3) is 0 Å². The Kier molecular flexibility index (Phi) is 7.30. The quantitative estimate of drug-likeness (QED) is 0.675. The number of rotatable bonds is 8. The van der Waals surface area contributed by atoms with E-state index in [9.17, 15) is 0 Å². The maximum atomic E-state index is 6.13. The molecule has 1 rings (SSSR count). The first kappa shape index (κ1) is 14.5. The summed E-state index contributed by atoms with van der Waals surface area (Å²) in [5, 5.41) is 0.803. The summed E-state index contributed by atoms with van der Waals surface area (Å²) in [6.07, 6.45) is 8.63. The Labute approximate surface area is 110 Å². The Balaban J connectivity index is 2.18. The minimum Gasteiger partial charge on any atom is -0.327 e. The van der Waals surface area contributed by atoms with E-state index < -0.39 is 0 Å². The normalized spacial score (nSPS) is 12.6. The molecule has 0 spiro atoms. The molecule has 2 heteroatoms. The van der Waals surface area contributed by atoms with E-state index in [1.54, 1.807) is 0 Å². The molecule has 1 atom stereocenters. The second-order valence-corrected chi connectivity index (χ2v) is 5.23. The fraction of sp³-hybridized carbons (Fsp3) is 0.600. The third-order valence-electron chi connectivity index (χ3n) is 3.07. The predicted octanol–water partition coefficient (Wildman–Crippen LogP) is 4.57. The Morgan fingerprint density at radius 2 is 1.94 bits per heavy atom. The van der Waals surface area contributed by atoms with Crippen LogP contribution in [0, 0.1) is 0 Å². The van der Waals surface area contributed by atoms with E-state index in [1.165, 1.54) is 37.7 Å². The van der Waals surface area contributed by atoms with Crippen molar-refractivity contribution in [3.63, 3.8) is 0 Å². The van der Waals surface area contributed by atoms with Gasteiger partial charge in [0.25, 0.3) is 0 Å². The summed E-state index contributed by atoms with van der Waals surface area (Å²) >= 11 is 5.95. The van der Waals surface area contributed by atoms with Gasteiger partial charge in [0.15, 0.2) is 0 Å². The van der Waals surface area contributed by atoms with Gasteiger partial charge in [-0.2, -0.15) is 0 Å². The third kappa shape index (κ3) is 6.70. The fourth-order valence-electron chi connectivity index (χ4n) is 2.08. The van der Waals surface area contributed by atoms with Crippen molar-refractivity contribution in [2.45, 2.75) is 57.9 Å². The second kappa shape index (κ2) is 8.54. The minimum atomic E-state index is 0.273. The van der Waals surface area contributed by atoms with Crippen molar-refractivity contribution in [1.29, 1.82) is 0 Å². The van der Waals surface area contributed by atoms with Gasteiger partial charge < -0.3 is 5.73 Å².